The summed E-state index contributed by atoms with van der Waals surface area (Å²) in [6.45, 7) is 4.18. The standard InChI is InChI=1S/C30H32N2O3/c1-34-26-14-15-27-23(20-26)21-28(31-16-19-32-17-6-3-7-18-32)29(22-10-12-24(33)13-11-22)30(27)35-25-8-4-2-5-9-25/h2,4-5,8-15,20-21,31,33H,3,6-7,16-19H2,1H3. The van der Waals surface area contributed by atoms with Crippen LogP contribution in [0.5, 0.6) is 23.0 Å². The predicted octanol–water partition coefficient (Wildman–Crippen LogP) is 6.91. The van der Waals surface area contributed by atoms with Crippen LogP contribution in [0.1, 0.15) is 19.3 Å². The van der Waals surface area contributed by atoms with Gasteiger partial charge in [-0.3, -0.25) is 0 Å². The third-order valence-electron chi connectivity index (χ3n) is 6.61. The number of aromatic hydroxyl groups is 1. The molecule has 4 aromatic rings. The molecule has 35 heavy (non-hydrogen) atoms. The molecule has 0 spiro atoms. The summed E-state index contributed by atoms with van der Waals surface area (Å²) in [5, 5.41) is 15.7. The average Bonchev–Trinajstić information content (AvgIpc) is 2.90. The number of phenols is 1. The smallest absolute Gasteiger partial charge is 0.145 e. The SMILES string of the molecule is COc1ccc2c(Oc3ccccc3)c(-c3ccc(O)cc3)c(NCCN3CCCCC3)cc2c1. The van der Waals surface area contributed by atoms with Gasteiger partial charge in [-0.2, -0.15) is 0 Å². The fourth-order valence-corrected chi connectivity index (χ4v) is 4.78. The lowest BCUT2D eigenvalue weighted by molar-refractivity contribution is 0.237. The molecule has 0 aliphatic carbocycles. The Hall–Kier alpha value is -3.70. The van der Waals surface area contributed by atoms with Crippen LogP contribution in [0.15, 0.2) is 78.9 Å². The molecule has 1 aliphatic heterocycles. The molecule has 1 aliphatic rings. The molecule has 0 saturated carbocycles. The molecule has 1 saturated heterocycles. The van der Waals surface area contributed by atoms with Gasteiger partial charge < -0.3 is 24.8 Å². The van der Waals surface area contributed by atoms with Crippen molar-refractivity contribution in [1.82, 2.24) is 4.90 Å². The van der Waals surface area contributed by atoms with E-state index in [1.54, 1.807) is 19.2 Å². The zero-order valence-corrected chi connectivity index (χ0v) is 20.2. The highest BCUT2D eigenvalue weighted by atomic mass is 16.5. The molecule has 0 radical (unpaired) electrons. The van der Waals surface area contributed by atoms with Gasteiger partial charge in [0.25, 0.3) is 0 Å². The van der Waals surface area contributed by atoms with Crippen LogP contribution in [0.25, 0.3) is 21.9 Å². The Morgan fingerprint density at radius 1 is 0.857 bits per heavy atom. The summed E-state index contributed by atoms with van der Waals surface area (Å²) in [6.07, 6.45) is 3.90. The first kappa shape index (κ1) is 23.1. The van der Waals surface area contributed by atoms with E-state index >= 15 is 0 Å². The van der Waals surface area contributed by atoms with E-state index in [0.29, 0.717) is 0 Å². The van der Waals surface area contributed by atoms with Crippen molar-refractivity contribution in [2.45, 2.75) is 19.3 Å². The zero-order valence-electron chi connectivity index (χ0n) is 20.2. The van der Waals surface area contributed by atoms with Crippen molar-refractivity contribution in [1.29, 1.82) is 0 Å². The molecule has 0 aromatic heterocycles. The third kappa shape index (κ3) is 5.36. The minimum Gasteiger partial charge on any atom is -0.508 e. The van der Waals surface area contributed by atoms with Crippen LogP contribution >= 0.6 is 0 Å². The monoisotopic (exact) mass is 468 g/mol. The third-order valence-corrected chi connectivity index (χ3v) is 6.61. The molecule has 0 bridgehead atoms. The lowest BCUT2D eigenvalue weighted by Crippen LogP contribution is -2.33. The maximum Gasteiger partial charge on any atom is 0.145 e. The normalized spacial score (nSPS) is 14.1. The molecule has 0 amide bonds. The Labute approximate surface area is 206 Å². The van der Waals surface area contributed by atoms with Crippen molar-refractivity contribution in [3.8, 4) is 34.1 Å². The van der Waals surface area contributed by atoms with E-state index in [-0.39, 0.29) is 5.75 Å². The summed E-state index contributed by atoms with van der Waals surface area (Å²) in [5.41, 5.74) is 2.96. The minimum absolute atomic E-state index is 0.240. The quantitative estimate of drug-likeness (QED) is 0.294. The van der Waals surface area contributed by atoms with Crippen molar-refractivity contribution in [3.05, 3.63) is 78.9 Å². The summed E-state index contributed by atoms with van der Waals surface area (Å²) in [5.74, 6) is 2.60. The van der Waals surface area contributed by atoms with Crippen molar-refractivity contribution in [2.75, 3.05) is 38.6 Å². The van der Waals surface area contributed by atoms with E-state index in [1.807, 2.05) is 60.7 Å². The second-order valence-electron chi connectivity index (χ2n) is 9.01. The van der Waals surface area contributed by atoms with Gasteiger partial charge in [-0.1, -0.05) is 36.8 Å². The molecule has 4 aromatic carbocycles. The number of anilines is 1. The number of phenolic OH excluding ortho intramolecular Hbond substituents is 1. The number of nitrogens with one attached hydrogen (secondary N) is 1. The van der Waals surface area contributed by atoms with Crippen LogP contribution in [0, 0.1) is 0 Å². The van der Waals surface area contributed by atoms with Crippen molar-refractivity contribution >= 4 is 16.5 Å². The highest BCUT2D eigenvalue weighted by molar-refractivity contribution is 6.02. The Bertz CT molecular complexity index is 1270. The molecule has 1 heterocycles. The van der Waals surface area contributed by atoms with Gasteiger partial charge in [0.2, 0.25) is 0 Å². The van der Waals surface area contributed by atoms with Crippen LogP contribution in [-0.2, 0) is 0 Å². The van der Waals surface area contributed by atoms with E-state index < -0.39 is 0 Å². The lowest BCUT2D eigenvalue weighted by atomic mass is 9.96. The Balaban J connectivity index is 1.61. The molecule has 1 fully saturated rings. The summed E-state index contributed by atoms with van der Waals surface area (Å²) < 4.78 is 12.1. The van der Waals surface area contributed by atoms with Crippen LogP contribution in [0.4, 0.5) is 5.69 Å². The first-order chi connectivity index (χ1) is 17.2. The van der Waals surface area contributed by atoms with Crippen LogP contribution < -0.4 is 14.8 Å². The summed E-state index contributed by atoms with van der Waals surface area (Å²) >= 11 is 0. The average molecular weight is 469 g/mol. The number of methoxy groups -OCH3 is 1. The molecule has 180 valence electrons. The van der Waals surface area contributed by atoms with Gasteiger partial charge in [-0.25, -0.2) is 0 Å². The Morgan fingerprint density at radius 3 is 2.37 bits per heavy atom. The number of para-hydroxylation sites is 1. The number of hydrogen-bond donors (Lipinski definition) is 2. The molecule has 5 rings (SSSR count). The van der Waals surface area contributed by atoms with Gasteiger partial charge in [0.05, 0.1) is 7.11 Å². The number of piperidine rings is 1. The molecular weight excluding hydrogens is 436 g/mol. The van der Waals surface area contributed by atoms with Gasteiger partial charge in [0.1, 0.15) is 23.0 Å². The van der Waals surface area contributed by atoms with Crippen molar-refractivity contribution in [3.63, 3.8) is 0 Å². The zero-order chi connectivity index (χ0) is 24.0. The van der Waals surface area contributed by atoms with E-state index in [1.165, 1.54) is 32.4 Å². The maximum absolute atomic E-state index is 9.93. The van der Waals surface area contributed by atoms with Crippen LogP contribution in [0.2, 0.25) is 0 Å². The molecule has 0 unspecified atom stereocenters. The van der Waals surface area contributed by atoms with E-state index in [0.717, 1.165) is 57.9 Å². The fourth-order valence-electron chi connectivity index (χ4n) is 4.78. The molecule has 2 N–H and O–H groups in total. The van der Waals surface area contributed by atoms with E-state index in [4.69, 9.17) is 9.47 Å². The second-order valence-corrected chi connectivity index (χ2v) is 9.01. The topological polar surface area (TPSA) is 54.0 Å². The highest BCUT2D eigenvalue weighted by Crippen LogP contribution is 2.45. The second kappa shape index (κ2) is 10.7. The number of fused-ring (bicyclic) bond motifs is 1. The fraction of sp³-hybridized carbons (Fsp3) is 0.267. The molecule has 5 nitrogen and oxygen atoms in total. The predicted molar refractivity (Wildman–Crippen MR) is 143 cm³/mol. The van der Waals surface area contributed by atoms with Gasteiger partial charge in [0.15, 0.2) is 0 Å². The Morgan fingerprint density at radius 2 is 1.63 bits per heavy atom. The highest BCUT2D eigenvalue weighted by Gasteiger charge is 2.19. The van der Waals surface area contributed by atoms with Gasteiger partial charge in [-0.15, -0.1) is 0 Å². The summed E-state index contributed by atoms with van der Waals surface area (Å²) in [4.78, 5) is 2.53. The van der Waals surface area contributed by atoms with Crippen molar-refractivity contribution in [2.24, 2.45) is 0 Å². The summed E-state index contributed by atoms with van der Waals surface area (Å²) in [7, 11) is 1.69. The van der Waals surface area contributed by atoms with Crippen LogP contribution in [-0.4, -0.2) is 43.3 Å². The minimum atomic E-state index is 0.240. The number of rotatable bonds is 8. The van der Waals surface area contributed by atoms with Crippen molar-refractivity contribution < 1.29 is 14.6 Å². The number of ether oxygens (including phenoxy) is 2. The maximum atomic E-state index is 9.93. The Kier molecular flexibility index (Phi) is 7.05. The van der Waals surface area contributed by atoms with Gasteiger partial charge >= 0.3 is 0 Å². The number of likely N-dealkylation sites (tertiary alicyclic amines) is 1. The van der Waals surface area contributed by atoms with Crippen LogP contribution in [0.3, 0.4) is 0 Å². The number of hydrogen-bond acceptors (Lipinski definition) is 5. The first-order valence-electron chi connectivity index (χ1n) is 12.3. The van der Waals surface area contributed by atoms with E-state index in [9.17, 15) is 5.11 Å². The van der Waals surface area contributed by atoms with E-state index in [2.05, 4.69) is 16.3 Å². The number of nitrogens with zero attached hydrogens (tertiary/aromatic N) is 1. The molecular formula is C30H32N2O3. The first-order valence-corrected chi connectivity index (χ1v) is 12.3. The molecule has 5 heteroatoms. The van der Waals surface area contributed by atoms with Gasteiger partial charge in [0, 0.05) is 29.7 Å². The summed E-state index contributed by atoms with van der Waals surface area (Å²) in [6, 6.07) is 25.4. The largest absolute Gasteiger partial charge is 0.508 e. The number of benzene rings is 4. The lowest BCUT2D eigenvalue weighted by Gasteiger charge is -2.27. The molecule has 0 atom stereocenters. The van der Waals surface area contributed by atoms with Gasteiger partial charge in [-0.05, 0) is 85.4 Å².